The summed E-state index contributed by atoms with van der Waals surface area (Å²) in [6.07, 6.45) is 4.21. The summed E-state index contributed by atoms with van der Waals surface area (Å²) in [6.45, 7) is 3.95. The second-order valence-corrected chi connectivity index (χ2v) is 5.42. The Bertz CT molecular complexity index is 291. The van der Waals surface area contributed by atoms with Gasteiger partial charge >= 0.3 is 0 Å². The van der Waals surface area contributed by atoms with E-state index in [9.17, 15) is 0 Å². The van der Waals surface area contributed by atoms with E-state index in [4.69, 9.17) is 32.7 Å². The van der Waals surface area contributed by atoms with Gasteiger partial charge in [0.1, 0.15) is 11.4 Å². The molecule has 0 bridgehead atoms. The number of hydrogen-bond donors (Lipinski definition) is 0. The molecule has 0 aromatic carbocycles. The molecule has 4 heteroatoms. The maximum atomic E-state index is 6.06. The van der Waals surface area contributed by atoms with Crippen LogP contribution in [0.4, 0.5) is 0 Å². The number of ether oxygens (including phenoxy) is 2. The third-order valence-corrected chi connectivity index (χ3v) is 3.71. The molecule has 0 atom stereocenters. The van der Waals surface area contributed by atoms with Crippen molar-refractivity contribution >= 4 is 23.2 Å². The van der Waals surface area contributed by atoms with E-state index in [1.165, 1.54) is 0 Å². The highest BCUT2D eigenvalue weighted by atomic mass is 35.5. The highest BCUT2D eigenvalue weighted by molar-refractivity contribution is 6.36. The summed E-state index contributed by atoms with van der Waals surface area (Å²) in [7, 11) is 0. The molecule has 1 heterocycles. The standard InChI is InChI=1S/C11H16Cl2O2/c1-10(2)9(8(13)7-12)14-11(15-10)5-3-4-6-11/h3-7H2,1-2H3. The number of halogens is 2. The van der Waals surface area contributed by atoms with E-state index in [0.717, 1.165) is 25.7 Å². The molecular weight excluding hydrogens is 235 g/mol. The summed E-state index contributed by atoms with van der Waals surface area (Å²) in [4.78, 5) is 0. The molecule has 2 aliphatic rings. The van der Waals surface area contributed by atoms with Crippen molar-refractivity contribution in [2.75, 3.05) is 5.88 Å². The first-order valence-electron chi connectivity index (χ1n) is 5.33. The van der Waals surface area contributed by atoms with Gasteiger partial charge in [0.25, 0.3) is 0 Å². The zero-order valence-corrected chi connectivity index (χ0v) is 10.6. The van der Waals surface area contributed by atoms with Crippen LogP contribution in [0.3, 0.4) is 0 Å². The second kappa shape index (κ2) is 3.83. The van der Waals surface area contributed by atoms with Crippen LogP contribution in [0.5, 0.6) is 0 Å². The Morgan fingerprint density at radius 2 is 1.93 bits per heavy atom. The Hall–Kier alpha value is 0.0800. The molecule has 1 aliphatic carbocycles. The van der Waals surface area contributed by atoms with Gasteiger partial charge in [-0.05, 0) is 26.7 Å². The third kappa shape index (κ3) is 2.00. The fourth-order valence-corrected chi connectivity index (χ4v) is 2.79. The lowest BCUT2D eigenvalue weighted by atomic mass is 10.1. The van der Waals surface area contributed by atoms with E-state index in [-0.39, 0.29) is 5.88 Å². The molecule has 15 heavy (non-hydrogen) atoms. The van der Waals surface area contributed by atoms with E-state index in [0.29, 0.717) is 10.8 Å². The van der Waals surface area contributed by atoms with Crippen LogP contribution in [0.1, 0.15) is 39.5 Å². The molecule has 2 fully saturated rings. The SMILES string of the molecule is CC1(C)OC2(CCCC2)OC1=C(Cl)CCl. The number of alkyl halides is 1. The lowest BCUT2D eigenvalue weighted by molar-refractivity contribution is -0.173. The normalized spacial score (nSPS) is 30.7. The van der Waals surface area contributed by atoms with Crippen LogP contribution >= 0.6 is 23.2 Å². The van der Waals surface area contributed by atoms with Gasteiger partial charge < -0.3 is 9.47 Å². The van der Waals surface area contributed by atoms with Crippen molar-refractivity contribution in [3.63, 3.8) is 0 Å². The van der Waals surface area contributed by atoms with Gasteiger partial charge in [0, 0.05) is 12.8 Å². The monoisotopic (exact) mass is 250 g/mol. The Morgan fingerprint density at radius 1 is 1.33 bits per heavy atom. The van der Waals surface area contributed by atoms with Gasteiger partial charge in [0.15, 0.2) is 0 Å². The maximum absolute atomic E-state index is 6.06. The van der Waals surface area contributed by atoms with Crippen LogP contribution in [-0.2, 0) is 9.47 Å². The van der Waals surface area contributed by atoms with E-state index in [1.54, 1.807) is 0 Å². The molecule has 1 spiro atoms. The molecule has 0 unspecified atom stereocenters. The summed E-state index contributed by atoms with van der Waals surface area (Å²) in [5.74, 6) is 0.561. The quantitative estimate of drug-likeness (QED) is 0.660. The number of rotatable bonds is 1. The second-order valence-electron chi connectivity index (χ2n) is 4.70. The van der Waals surface area contributed by atoms with Gasteiger partial charge in [-0.1, -0.05) is 11.6 Å². The fraction of sp³-hybridized carbons (Fsp3) is 0.818. The largest absolute Gasteiger partial charge is 0.462 e. The van der Waals surface area contributed by atoms with E-state index in [1.807, 2.05) is 13.8 Å². The third-order valence-electron chi connectivity index (χ3n) is 3.01. The van der Waals surface area contributed by atoms with Gasteiger partial charge in [0.2, 0.25) is 5.79 Å². The lowest BCUT2D eigenvalue weighted by Crippen LogP contribution is -2.30. The van der Waals surface area contributed by atoms with Crippen LogP contribution in [-0.4, -0.2) is 17.3 Å². The van der Waals surface area contributed by atoms with Crippen molar-refractivity contribution in [3.8, 4) is 0 Å². The van der Waals surface area contributed by atoms with Crippen molar-refractivity contribution in [1.82, 2.24) is 0 Å². The van der Waals surface area contributed by atoms with Crippen LogP contribution in [0, 0.1) is 0 Å². The van der Waals surface area contributed by atoms with Gasteiger partial charge in [-0.25, -0.2) is 0 Å². The van der Waals surface area contributed by atoms with Gasteiger partial charge in [-0.15, -0.1) is 11.6 Å². The van der Waals surface area contributed by atoms with Crippen LogP contribution < -0.4 is 0 Å². The highest BCUT2D eigenvalue weighted by Crippen LogP contribution is 2.49. The predicted octanol–water partition coefficient (Wildman–Crippen LogP) is 3.77. The molecule has 0 aromatic rings. The Balaban J connectivity index is 2.28. The highest BCUT2D eigenvalue weighted by Gasteiger charge is 2.52. The predicted molar refractivity (Wildman–Crippen MR) is 61.0 cm³/mol. The minimum Gasteiger partial charge on any atom is -0.462 e. The summed E-state index contributed by atoms with van der Waals surface area (Å²) in [5, 5.41) is 0.561. The van der Waals surface area contributed by atoms with E-state index < -0.39 is 11.4 Å². The van der Waals surface area contributed by atoms with Crippen molar-refractivity contribution < 1.29 is 9.47 Å². The van der Waals surface area contributed by atoms with Crippen LogP contribution in [0.25, 0.3) is 0 Å². The first-order valence-corrected chi connectivity index (χ1v) is 6.25. The first kappa shape index (κ1) is 11.6. The average Bonchev–Trinajstić information content (AvgIpc) is 2.70. The van der Waals surface area contributed by atoms with Crippen molar-refractivity contribution in [3.05, 3.63) is 10.8 Å². The van der Waals surface area contributed by atoms with E-state index >= 15 is 0 Å². The molecule has 0 N–H and O–H groups in total. The Labute approximate surface area is 101 Å². The van der Waals surface area contributed by atoms with Gasteiger partial charge in [-0.3, -0.25) is 0 Å². The molecule has 86 valence electrons. The summed E-state index contributed by atoms with van der Waals surface area (Å²) < 4.78 is 11.9. The van der Waals surface area contributed by atoms with E-state index in [2.05, 4.69) is 0 Å². The molecule has 2 rings (SSSR count). The van der Waals surface area contributed by atoms with Gasteiger partial charge in [0.05, 0.1) is 10.9 Å². The van der Waals surface area contributed by atoms with Crippen molar-refractivity contribution in [2.45, 2.75) is 50.9 Å². The zero-order valence-electron chi connectivity index (χ0n) is 9.11. The fourth-order valence-electron chi connectivity index (χ4n) is 2.40. The molecule has 0 radical (unpaired) electrons. The smallest absolute Gasteiger partial charge is 0.211 e. The molecule has 0 amide bonds. The average molecular weight is 251 g/mol. The zero-order chi connectivity index (χ0) is 11.1. The Morgan fingerprint density at radius 3 is 2.47 bits per heavy atom. The van der Waals surface area contributed by atoms with Crippen LogP contribution in [0.2, 0.25) is 0 Å². The molecule has 1 saturated heterocycles. The summed E-state index contributed by atoms with van der Waals surface area (Å²) in [6, 6.07) is 0. The number of allylic oxidation sites excluding steroid dienone is 1. The van der Waals surface area contributed by atoms with Crippen molar-refractivity contribution in [2.24, 2.45) is 0 Å². The molecule has 1 saturated carbocycles. The topological polar surface area (TPSA) is 18.5 Å². The maximum Gasteiger partial charge on any atom is 0.211 e. The molecule has 1 aliphatic heterocycles. The molecular formula is C11H16Cl2O2. The van der Waals surface area contributed by atoms with Gasteiger partial charge in [-0.2, -0.15) is 0 Å². The van der Waals surface area contributed by atoms with Crippen LogP contribution in [0.15, 0.2) is 10.8 Å². The van der Waals surface area contributed by atoms with Crippen molar-refractivity contribution in [1.29, 1.82) is 0 Å². The Kier molecular flexibility index (Phi) is 2.95. The first-order chi connectivity index (χ1) is 6.99. The number of hydrogen-bond acceptors (Lipinski definition) is 2. The molecule has 0 aromatic heterocycles. The molecule has 2 nitrogen and oxygen atoms in total. The minimum absolute atomic E-state index is 0.278. The lowest BCUT2D eigenvalue weighted by Gasteiger charge is -2.22. The summed E-state index contributed by atoms with van der Waals surface area (Å²) >= 11 is 11.8. The summed E-state index contributed by atoms with van der Waals surface area (Å²) in [5.41, 5.74) is -0.448. The minimum atomic E-state index is -0.448.